The van der Waals surface area contributed by atoms with E-state index in [1.165, 1.54) is 6.21 Å². The van der Waals surface area contributed by atoms with Gasteiger partial charge in [-0.05, 0) is 85.5 Å². The predicted molar refractivity (Wildman–Crippen MR) is 137 cm³/mol. The third kappa shape index (κ3) is 7.41. The lowest BCUT2D eigenvalue weighted by Gasteiger charge is -2.10. The Morgan fingerprint density at radius 2 is 1.63 bits per heavy atom. The average Bonchev–Trinajstić information content (AvgIpc) is 2.83. The summed E-state index contributed by atoms with van der Waals surface area (Å²) >= 11 is 5.96. The van der Waals surface area contributed by atoms with Gasteiger partial charge >= 0.3 is 11.8 Å². The van der Waals surface area contributed by atoms with Crippen LogP contribution >= 0.6 is 11.6 Å². The number of benzene rings is 3. The molecule has 3 aromatic carbocycles. The number of ether oxygens (including phenoxy) is 1. The highest BCUT2D eigenvalue weighted by atomic mass is 35.5. The standard InChI is InChI=1S/C26H25ClN4O4/c1-16-5-4-6-22(18(16)3)30-25(33)26(34)31-28-14-19-8-11-21(12-9-19)35-15-24(32)29-23-13-20(27)10-7-17(23)2/h4-14H,15H2,1-3H3,(H,29,32)(H,30,33)(H,31,34)/b28-14-. The summed E-state index contributed by atoms with van der Waals surface area (Å²) in [6.07, 6.45) is 1.39. The molecule has 0 aliphatic carbocycles. The lowest BCUT2D eigenvalue weighted by atomic mass is 10.1. The smallest absolute Gasteiger partial charge is 0.329 e. The Morgan fingerprint density at radius 1 is 0.886 bits per heavy atom. The van der Waals surface area contributed by atoms with Gasteiger partial charge in [0, 0.05) is 16.4 Å². The van der Waals surface area contributed by atoms with Crippen molar-refractivity contribution in [2.45, 2.75) is 20.8 Å². The molecule has 0 unspecified atom stereocenters. The van der Waals surface area contributed by atoms with Gasteiger partial charge in [-0.15, -0.1) is 0 Å². The molecule has 0 atom stereocenters. The van der Waals surface area contributed by atoms with Gasteiger partial charge in [-0.25, -0.2) is 5.43 Å². The van der Waals surface area contributed by atoms with Gasteiger partial charge < -0.3 is 15.4 Å². The van der Waals surface area contributed by atoms with Crippen LogP contribution in [0.3, 0.4) is 0 Å². The zero-order valence-corrected chi connectivity index (χ0v) is 20.3. The molecule has 0 heterocycles. The zero-order chi connectivity index (χ0) is 25.4. The van der Waals surface area contributed by atoms with Crippen LogP contribution in [0.5, 0.6) is 5.75 Å². The highest BCUT2D eigenvalue weighted by molar-refractivity contribution is 6.39. The van der Waals surface area contributed by atoms with Crippen molar-refractivity contribution in [3.05, 3.63) is 87.9 Å². The molecular weight excluding hydrogens is 468 g/mol. The minimum atomic E-state index is -0.886. The number of anilines is 2. The number of nitrogens with zero attached hydrogens (tertiary/aromatic N) is 1. The highest BCUT2D eigenvalue weighted by Gasteiger charge is 2.14. The Kier molecular flexibility index (Phi) is 8.58. The first kappa shape index (κ1) is 25.5. The zero-order valence-electron chi connectivity index (χ0n) is 19.5. The van der Waals surface area contributed by atoms with Crippen molar-refractivity contribution in [1.82, 2.24) is 5.43 Å². The van der Waals surface area contributed by atoms with E-state index >= 15 is 0 Å². The number of rotatable bonds is 7. The molecule has 0 saturated heterocycles. The molecule has 9 heteroatoms. The second-order valence-electron chi connectivity index (χ2n) is 7.77. The first-order valence-corrected chi connectivity index (χ1v) is 11.1. The summed E-state index contributed by atoms with van der Waals surface area (Å²) < 4.78 is 5.50. The third-order valence-corrected chi connectivity index (χ3v) is 5.40. The molecule has 3 amide bonds. The first-order chi connectivity index (χ1) is 16.7. The number of aryl methyl sites for hydroxylation is 2. The second-order valence-corrected chi connectivity index (χ2v) is 8.20. The Balaban J connectivity index is 1.46. The summed E-state index contributed by atoms with van der Waals surface area (Å²) in [4.78, 5) is 36.2. The van der Waals surface area contributed by atoms with Crippen molar-refractivity contribution >= 4 is 46.9 Å². The Hall–Kier alpha value is -4.17. The van der Waals surface area contributed by atoms with E-state index in [1.807, 2.05) is 32.9 Å². The minimum absolute atomic E-state index is 0.176. The van der Waals surface area contributed by atoms with Crippen LogP contribution in [0.4, 0.5) is 11.4 Å². The largest absolute Gasteiger partial charge is 0.484 e. The molecule has 0 bridgehead atoms. The van der Waals surface area contributed by atoms with Crippen molar-refractivity contribution in [3.8, 4) is 5.75 Å². The number of hydrogen-bond acceptors (Lipinski definition) is 5. The summed E-state index contributed by atoms with van der Waals surface area (Å²) in [7, 11) is 0. The van der Waals surface area contributed by atoms with Crippen molar-refractivity contribution in [1.29, 1.82) is 0 Å². The summed E-state index contributed by atoms with van der Waals surface area (Å²) in [6.45, 7) is 5.47. The van der Waals surface area contributed by atoms with E-state index in [1.54, 1.807) is 48.5 Å². The maximum Gasteiger partial charge on any atom is 0.329 e. The SMILES string of the molecule is Cc1ccc(Cl)cc1NC(=O)COc1ccc(/C=N\NC(=O)C(=O)Nc2cccc(C)c2C)cc1. The number of amides is 3. The van der Waals surface area contributed by atoms with Gasteiger partial charge in [0.15, 0.2) is 6.61 Å². The molecular formula is C26H25ClN4O4. The summed E-state index contributed by atoms with van der Waals surface area (Å²) in [5, 5.41) is 9.67. The lowest BCUT2D eigenvalue weighted by molar-refractivity contribution is -0.136. The number of nitrogens with one attached hydrogen (secondary N) is 3. The summed E-state index contributed by atoms with van der Waals surface area (Å²) in [6, 6.07) is 17.4. The Morgan fingerprint density at radius 3 is 2.37 bits per heavy atom. The van der Waals surface area contributed by atoms with Crippen LogP contribution in [0.25, 0.3) is 0 Å². The van der Waals surface area contributed by atoms with Gasteiger partial charge in [-0.3, -0.25) is 14.4 Å². The minimum Gasteiger partial charge on any atom is -0.484 e. The van der Waals surface area contributed by atoms with Gasteiger partial charge in [0.25, 0.3) is 5.91 Å². The van der Waals surface area contributed by atoms with Gasteiger partial charge in [0.05, 0.1) is 6.21 Å². The molecule has 3 aromatic rings. The predicted octanol–water partition coefficient (Wildman–Crippen LogP) is 4.37. The summed E-state index contributed by atoms with van der Waals surface area (Å²) in [5.74, 6) is -1.53. The van der Waals surface area contributed by atoms with Crippen molar-refractivity contribution in [2.75, 3.05) is 17.2 Å². The van der Waals surface area contributed by atoms with E-state index in [-0.39, 0.29) is 12.5 Å². The second kappa shape index (κ2) is 11.8. The molecule has 180 valence electrons. The van der Waals surface area contributed by atoms with Crippen molar-refractivity contribution < 1.29 is 19.1 Å². The molecule has 0 saturated carbocycles. The summed E-state index contributed by atoms with van der Waals surface area (Å²) in [5.41, 5.74) is 6.83. The number of hydrogen-bond donors (Lipinski definition) is 3. The fourth-order valence-electron chi connectivity index (χ4n) is 3.00. The molecule has 0 spiro atoms. The van der Waals surface area contributed by atoms with Crippen LogP contribution in [0.2, 0.25) is 5.02 Å². The number of halogens is 1. The fourth-order valence-corrected chi connectivity index (χ4v) is 3.17. The Labute approximate surface area is 208 Å². The highest BCUT2D eigenvalue weighted by Crippen LogP contribution is 2.20. The third-order valence-electron chi connectivity index (χ3n) is 5.16. The molecule has 0 aliphatic heterocycles. The van der Waals surface area contributed by atoms with Crippen LogP contribution in [0.1, 0.15) is 22.3 Å². The number of carbonyl (C=O) groups excluding carboxylic acids is 3. The topological polar surface area (TPSA) is 109 Å². The fraction of sp³-hybridized carbons (Fsp3) is 0.154. The van der Waals surface area contributed by atoms with Crippen molar-refractivity contribution in [2.24, 2.45) is 5.10 Å². The van der Waals surface area contributed by atoms with E-state index < -0.39 is 11.8 Å². The van der Waals surface area contributed by atoms with Gasteiger partial charge in [-0.2, -0.15) is 5.10 Å². The maximum absolute atomic E-state index is 12.2. The monoisotopic (exact) mass is 492 g/mol. The Bertz CT molecular complexity index is 1270. The van der Waals surface area contributed by atoms with E-state index in [4.69, 9.17) is 16.3 Å². The molecule has 8 nitrogen and oxygen atoms in total. The molecule has 0 fully saturated rings. The van der Waals surface area contributed by atoms with Gasteiger partial charge in [0.1, 0.15) is 5.75 Å². The molecule has 0 aliphatic rings. The van der Waals surface area contributed by atoms with Gasteiger partial charge in [0.2, 0.25) is 0 Å². The molecule has 0 aromatic heterocycles. The lowest BCUT2D eigenvalue weighted by Crippen LogP contribution is -2.32. The molecule has 0 radical (unpaired) electrons. The normalized spacial score (nSPS) is 10.6. The molecule has 35 heavy (non-hydrogen) atoms. The van der Waals surface area contributed by atoms with Crippen LogP contribution in [-0.4, -0.2) is 30.5 Å². The van der Waals surface area contributed by atoms with E-state index in [0.29, 0.717) is 27.7 Å². The van der Waals surface area contributed by atoms with Crippen LogP contribution in [0, 0.1) is 20.8 Å². The average molecular weight is 493 g/mol. The van der Waals surface area contributed by atoms with Crippen molar-refractivity contribution in [3.63, 3.8) is 0 Å². The quantitative estimate of drug-likeness (QED) is 0.258. The van der Waals surface area contributed by atoms with E-state index in [2.05, 4.69) is 21.2 Å². The van der Waals surface area contributed by atoms with Gasteiger partial charge in [-0.1, -0.05) is 29.8 Å². The van der Waals surface area contributed by atoms with Crippen LogP contribution in [0.15, 0.2) is 65.8 Å². The number of hydrazone groups is 1. The van der Waals surface area contributed by atoms with E-state index in [9.17, 15) is 14.4 Å². The molecule has 3 rings (SSSR count). The van der Waals surface area contributed by atoms with E-state index in [0.717, 1.165) is 16.7 Å². The molecule has 3 N–H and O–H groups in total. The first-order valence-electron chi connectivity index (χ1n) is 10.7. The van der Waals surface area contributed by atoms with Crippen LogP contribution in [-0.2, 0) is 14.4 Å². The number of carbonyl (C=O) groups is 3. The van der Waals surface area contributed by atoms with Crippen LogP contribution < -0.4 is 20.8 Å². The maximum atomic E-state index is 12.2.